The lowest BCUT2D eigenvalue weighted by molar-refractivity contribution is -0.134. The fourth-order valence-electron chi connectivity index (χ4n) is 2.77. The van der Waals surface area contributed by atoms with Crippen molar-refractivity contribution in [3.8, 4) is 5.75 Å². The summed E-state index contributed by atoms with van der Waals surface area (Å²) in [5.41, 5.74) is 5.59. The van der Waals surface area contributed by atoms with E-state index in [9.17, 15) is 9.59 Å². The largest absolute Gasteiger partial charge is 0.484 e. The third kappa shape index (κ3) is 3.62. The van der Waals surface area contributed by atoms with Crippen LogP contribution in [0.25, 0.3) is 0 Å². The summed E-state index contributed by atoms with van der Waals surface area (Å²) in [7, 11) is 0. The van der Waals surface area contributed by atoms with Gasteiger partial charge in [0.05, 0.1) is 6.54 Å². The summed E-state index contributed by atoms with van der Waals surface area (Å²) >= 11 is 0. The number of carbonyl (C=O) groups excluding carboxylic acids is 2. The molecule has 1 aliphatic rings. The molecule has 2 heterocycles. The van der Waals surface area contributed by atoms with E-state index in [2.05, 4.69) is 28.6 Å². The molecule has 0 saturated carbocycles. The number of nitrogens with two attached hydrogens (primary N) is 1. The first-order chi connectivity index (χ1) is 12.0. The number of nitrogens with zero attached hydrogens (tertiary/aromatic N) is 4. The molecule has 2 amide bonds. The van der Waals surface area contributed by atoms with Gasteiger partial charge in [0.1, 0.15) is 11.6 Å². The molecule has 0 radical (unpaired) electrons. The standard InChI is InChI=1S/C17H21N5O3/c1-11(2)17-20-19-14-9-21(7-8-22(14)17)15(23)10-25-13-5-3-12(4-6-13)16(18)24/h3-6,11H,7-10H2,1-2H3,(H2,18,24). The molecular formula is C17H21N5O3. The zero-order valence-electron chi connectivity index (χ0n) is 14.3. The smallest absolute Gasteiger partial charge is 0.260 e. The van der Waals surface area contributed by atoms with Crippen LogP contribution in [0.5, 0.6) is 5.75 Å². The van der Waals surface area contributed by atoms with Crippen LogP contribution in [0.1, 0.15) is 41.8 Å². The van der Waals surface area contributed by atoms with E-state index in [1.807, 2.05) is 0 Å². The van der Waals surface area contributed by atoms with E-state index in [0.29, 0.717) is 36.9 Å². The van der Waals surface area contributed by atoms with Gasteiger partial charge in [0.15, 0.2) is 12.4 Å². The Balaban J connectivity index is 1.58. The average molecular weight is 343 g/mol. The van der Waals surface area contributed by atoms with Crippen LogP contribution in [0.4, 0.5) is 0 Å². The highest BCUT2D eigenvalue weighted by molar-refractivity contribution is 5.92. The molecule has 2 aromatic rings. The minimum atomic E-state index is -0.499. The van der Waals surface area contributed by atoms with Gasteiger partial charge in [-0.3, -0.25) is 9.59 Å². The van der Waals surface area contributed by atoms with Gasteiger partial charge >= 0.3 is 0 Å². The van der Waals surface area contributed by atoms with Crippen molar-refractivity contribution in [1.82, 2.24) is 19.7 Å². The molecule has 25 heavy (non-hydrogen) atoms. The zero-order chi connectivity index (χ0) is 18.0. The summed E-state index contributed by atoms with van der Waals surface area (Å²) in [6.07, 6.45) is 0. The lowest BCUT2D eigenvalue weighted by Gasteiger charge is -2.28. The predicted molar refractivity (Wildman–Crippen MR) is 90.0 cm³/mol. The van der Waals surface area contributed by atoms with Gasteiger partial charge in [0.2, 0.25) is 5.91 Å². The van der Waals surface area contributed by atoms with Crippen molar-refractivity contribution in [2.24, 2.45) is 5.73 Å². The number of hydrogen-bond acceptors (Lipinski definition) is 5. The number of hydrogen-bond donors (Lipinski definition) is 1. The minimum absolute atomic E-state index is 0.0684. The van der Waals surface area contributed by atoms with Gasteiger partial charge in [-0.15, -0.1) is 10.2 Å². The Kier molecular flexibility index (Phi) is 4.69. The molecule has 0 fully saturated rings. The summed E-state index contributed by atoms with van der Waals surface area (Å²) in [6.45, 7) is 5.81. The van der Waals surface area contributed by atoms with Gasteiger partial charge in [0, 0.05) is 24.6 Å². The first-order valence-electron chi connectivity index (χ1n) is 8.18. The molecule has 3 rings (SSSR count). The molecule has 0 spiro atoms. The van der Waals surface area contributed by atoms with E-state index >= 15 is 0 Å². The van der Waals surface area contributed by atoms with E-state index in [1.165, 1.54) is 0 Å². The number of amides is 2. The van der Waals surface area contributed by atoms with Gasteiger partial charge in [-0.25, -0.2) is 0 Å². The van der Waals surface area contributed by atoms with Crippen molar-refractivity contribution in [2.75, 3.05) is 13.2 Å². The van der Waals surface area contributed by atoms with Gasteiger partial charge in [-0.05, 0) is 24.3 Å². The Hall–Kier alpha value is -2.90. The molecule has 0 unspecified atom stereocenters. The minimum Gasteiger partial charge on any atom is -0.484 e. The highest BCUT2D eigenvalue weighted by Gasteiger charge is 2.25. The summed E-state index contributed by atoms with van der Waals surface area (Å²) < 4.78 is 7.58. The number of ether oxygens (including phenoxy) is 1. The number of rotatable bonds is 5. The Morgan fingerprint density at radius 3 is 2.56 bits per heavy atom. The Bertz CT molecular complexity index is 782. The fourth-order valence-corrected chi connectivity index (χ4v) is 2.77. The van der Waals surface area contributed by atoms with Crippen LogP contribution in [0.3, 0.4) is 0 Å². The van der Waals surface area contributed by atoms with Crippen LogP contribution >= 0.6 is 0 Å². The van der Waals surface area contributed by atoms with E-state index in [-0.39, 0.29) is 12.5 Å². The molecule has 0 saturated heterocycles. The lowest BCUT2D eigenvalue weighted by Crippen LogP contribution is -2.41. The summed E-state index contributed by atoms with van der Waals surface area (Å²) in [5.74, 6) is 1.96. The van der Waals surface area contributed by atoms with E-state index in [1.54, 1.807) is 29.2 Å². The third-order valence-corrected chi connectivity index (χ3v) is 4.15. The Morgan fingerprint density at radius 2 is 1.92 bits per heavy atom. The molecule has 0 aliphatic carbocycles. The molecule has 8 nitrogen and oxygen atoms in total. The van der Waals surface area contributed by atoms with Crippen molar-refractivity contribution < 1.29 is 14.3 Å². The topological polar surface area (TPSA) is 103 Å². The lowest BCUT2D eigenvalue weighted by atomic mass is 10.2. The second-order valence-corrected chi connectivity index (χ2v) is 6.27. The van der Waals surface area contributed by atoms with Crippen molar-refractivity contribution in [3.05, 3.63) is 41.5 Å². The third-order valence-electron chi connectivity index (χ3n) is 4.15. The first-order valence-corrected chi connectivity index (χ1v) is 8.18. The molecule has 8 heteroatoms. The van der Waals surface area contributed by atoms with E-state index in [0.717, 1.165) is 11.6 Å². The molecule has 2 N–H and O–H groups in total. The summed E-state index contributed by atoms with van der Waals surface area (Å²) in [5, 5.41) is 8.40. The zero-order valence-corrected chi connectivity index (χ0v) is 14.3. The van der Waals surface area contributed by atoms with Crippen molar-refractivity contribution in [1.29, 1.82) is 0 Å². The molecule has 1 aromatic carbocycles. The van der Waals surface area contributed by atoms with Crippen LogP contribution in [-0.2, 0) is 17.9 Å². The maximum Gasteiger partial charge on any atom is 0.260 e. The molecule has 0 bridgehead atoms. The maximum absolute atomic E-state index is 12.4. The number of benzene rings is 1. The summed E-state index contributed by atoms with van der Waals surface area (Å²) in [4.78, 5) is 25.1. The first kappa shape index (κ1) is 16.9. The normalized spacial score (nSPS) is 13.6. The van der Waals surface area contributed by atoms with Gasteiger partial charge < -0.3 is 19.9 Å². The molecular weight excluding hydrogens is 322 g/mol. The Labute approximate surface area is 145 Å². The summed E-state index contributed by atoms with van der Waals surface area (Å²) in [6, 6.07) is 6.38. The van der Waals surface area contributed by atoms with Crippen molar-refractivity contribution in [3.63, 3.8) is 0 Å². The second kappa shape index (κ2) is 6.92. The van der Waals surface area contributed by atoms with E-state index < -0.39 is 5.91 Å². The van der Waals surface area contributed by atoms with Gasteiger partial charge in [-0.1, -0.05) is 13.8 Å². The van der Waals surface area contributed by atoms with Crippen LogP contribution in [0.2, 0.25) is 0 Å². The molecule has 1 aromatic heterocycles. The number of carbonyl (C=O) groups is 2. The number of primary amides is 1. The SMILES string of the molecule is CC(C)c1nnc2n1CCN(C(=O)COc1ccc(C(N)=O)cc1)C2. The highest BCUT2D eigenvalue weighted by Crippen LogP contribution is 2.18. The highest BCUT2D eigenvalue weighted by atomic mass is 16.5. The quantitative estimate of drug-likeness (QED) is 0.869. The Morgan fingerprint density at radius 1 is 1.20 bits per heavy atom. The molecule has 1 aliphatic heterocycles. The van der Waals surface area contributed by atoms with Crippen LogP contribution < -0.4 is 10.5 Å². The fraction of sp³-hybridized carbons (Fsp3) is 0.412. The van der Waals surface area contributed by atoms with Crippen LogP contribution in [0.15, 0.2) is 24.3 Å². The monoisotopic (exact) mass is 343 g/mol. The molecule has 132 valence electrons. The number of aromatic nitrogens is 3. The second-order valence-electron chi connectivity index (χ2n) is 6.27. The van der Waals surface area contributed by atoms with Gasteiger partial charge in [0.25, 0.3) is 5.91 Å². The van der Waals surface area contributed by atoms with Crippen molar-refractivity contribution in [2.45, 2.75) is 32.9 Å². The molecule has 0 atom stereocenters. The van der Waals surface area contributed by atoms with Crippen molar-refractivity contribution >= 4 is 11.8 Å². The maximum atomic E-state index is 12.4. The predicted octanol–water partition coefficient (Wildman–Crippen LogP) is 0.922. The number of fused-ring (bicyclic) bond motifs is 1. The van der Waals surface area contributed by atoms with Gasteiger partial charge in [-0.2, -0.15) is 0 Å². The average Bonchev–Trinajstić information content (AvgIpc) is 3.03. The van der Waals surface area contributed by atoms with Crippen LogP contribution in [0, 0.1) is 0 Å². The van der Waals surface area contributed by atoms with Crippen LogP contribution in [-0.4, -0.2) is 44.6 Å². The van der Waals surface area contributed by atoms with E-state index in [4.69, 9.17) is 10.5 Å².